The number of pyridine rings is 1. The number of aromatic nitrogens is 1. The second-order valence-corrected chi connectivity index (χ2v) is 6.25. The van der Waals surface area contributed by atoms with Crippen molar-refractivity contribution in [3.8, 4) is 0 Å². The van der Waals surface area contributed by atoms with Gasteiger partial charge in [0.05, 0.1) is 5.52 Å². The zero-order valence-corrected chi connectivity index (χ0v) is 13.6. The summed E-state index contributed by atoms with van der Waals surface area (Å²) in [5, 5.41) is 2.10. The number of para-hydroxylation sites is 1. The number of anilines is 1. The van der Waals surface area contributed by atoms with Gasteiger partial charge in [-0.3, -0.25) is 0 Å². The average Bonchev–Trinajstić information content (AvgIpc) is 2.94. The molecule has 0 saturated carbocycles. The summed E-state index contributed by atoms with van der Waals surface area (Å²) in [6, 6.07) is 10.7. The van der Waals surface area contributed by atoms with Crippen molar-refractivity contribution in [1.82, 2.24) is 4.98 Å². The third kappa shape index (κ3) is 2.69. The van der Waals surface area contributed by atoms with E-state index < -0.39 is 0 Å². The molecule has 3 rings (SSSR count). The van der Waals surface area contributed by atoms with Crippen molar-refractivity contribution in [2.45, 2.75) is 31.5 Å². The Balaban J connectivity index is 1.94. The molecule has 1 atom stereocenters. The maximum absolute atomic E-state index is 4.92. The minimum absolute atomic E-state index is 0.844. The summed E-state index contributed by atoms with van der Waals surface area (Å²) >= 11 is 3.62. The molecule has 1 aliphatic heterocycles. The maximum Gasteiger partial charge on any atom is 0.133 e. The molecule has 1 aliphatic rings. The highest BCUT2D eigenvalue weighted by molar-refractivity contribution is 9.08. The lowest BCUT2D eigenvalue weighted by Gasteiger charge is -2.21. The SMILES string of the molecule is CCCC1CCN(c2nc3ccccc3cc2CBr)C1. The highest BCUT2D eigenvalue weighted by atomic mass is 79.9. The maximum atomic E-state index is 4.92. The lowest BCUT2D eigenvalue weighted by atomic mass is 10.0. The van der Waals surface area contributed by atoms with Crippen molar-refractivity contribution in [2.24, 2.45) is 5.92 Å². The first-order valence-corrected chi connectivity index (χ1v) is 8.63. The van der Waals surface area contributed by atoms with Crippen LogP contribution in [0.15, 0.2) is 30.3 Å². The molecule has 2 heterocycles. The van der Waals surface area contributed by atoms with Crippen LogP contribution in [-0.4, -0.2) is 18.1 Å². The largest absolute Gasteiger partial charge is 0.356 e. The number of fused-ring (bicyclic) bond motifs is 1. The van der Waals surface area contributed by atoms with Crippen LogP contribution in [-0.2, 0) is 5.33 Å². The number of rotatable bonds is 4. The number of halogens is 1. The lowest BCUT2D eigenvalue weighted by Crippen LogP contribution is -2.22. The minimum atomic E-state index is 0.844. The van der Waals surface area contributed by atoms with E-state index in [9.17, 15) is 0 Å². The first-order chi connectivity index (χ1) is 9.81. The molecule has 3 heteroatoms. The molecule has 1 saturated heterocycles. The van der Waals surface area contributed by atoms with Gasteiger partial charge in [-0.05, 0) is 30.9 Å². The first kappa shape index (κ1) is 13.9. The Morgan fingerprint density at radius 1 is 1.35 bits per heavy atom. The van der Waals surface area contributed by atoms with Gasteiger partial charge in [0.15, 0.2) is 0 Å². The van der Waals surface area contributed by atoms with Crippen molar-refractivity contribution in [3.63, 3.8) is 0 Å². The molecule has 0 bridgehead atoms. The van der Waals surface area contributed by atoms with Crippen molar-refractivity contribution in [3.05, 3.63) is 35.9 Å². The van der Waals surface area contributed by atoms with Gasteiger partial charge in [-0.15, -0.1) is 0 Å². The van der Waals surface area contributed by atoms with Crippen LogP contribution < -0.4 is 4.90 Å². The van der Waals surface area contributed by atoms with Crippen molar-refractivity contribution < 1.29 is 0 Å². The van der Waals surface area contributed by atoms with Crippen LogP contribution in [0.1, 0.15) is 31.7 Å². The number of benzene rings is 1. The molecule has 106 valence electrons. The molecule has 0 aliphatic carbocycles. The molecular weight excluding hydrogens is 312 g/mol. The van der Waals surface area contributed by atoms with Crippen LogP contribution in [0.3, 0.4) is 0 Å². The van der Waals surface area contributed by atoms with E-state index in [1.165, 1.54) is 42.6 Å². The van der Waals surface area contributed by atoms with Crippen LogP contribution in [0.4, 0.5) is 5.82 Å². The van der Waals surface area contributed by atoms with Crippen molar-refractivity contribution >= 4 is 32.7 Å². The molecule has 0 amide bonds. The van der Waals surface area contributed by atoms with E-state index in [0.29, 0.717) is 0 Å². The fourth-order valence-corrected chi connectivity index (χ4v) is 3.60. The molecule has 0 radical (unpaired) electrons. The van der Waals surface area contributed by atoms with Gasteiger partial charge in [-0.25, -0.2) is 4.98 Å². The average molecular weight is 333 g/mol. The van der Waals surface area contributed by atoms with Gasteiger partial charge in [0.25, 0.3) is 0 Å². The van der Waals surface area contributed by atoms with E-state index in [1.54, 1.807) is 0 Å². The Hall–Kier alpha value is -1.09. The molecule has 1 aromatic heterocycles. The molecule has 1 fully saturated rings. The zero-order chi connectivity index (χ0) is 13.9. The third-order valence-electron chi connectivity index (χ3n) is 4.21. The Kier molecular flexibility index (Phi) is 4.25. The Bertz CT molecular complexity index is 597. The summed E-state index contributed by atoms with van der Waals surface area (Å²) < 4.78 is 0. The highest BCUT2D eigenvalue weighted by Gasteiger charge is 2.24. The normalized spacial score (nSPS) is 18.9. The standard InChI is InChI=1S/C17H21BrN2/c1-2-5-13-8-9-20(12-13)17-15(11-18)10-14-6-3-4-7-16(14)19-17/h3-4,6-7,10,13H,2,5,8-9,11-12H2,1H3. The van der Waals surface area contributed by atoms with Gasteiger partial charge in [-0.2, -0.15) is 0 Å². The second kappa shape index (κ2) is 6.13. The third-order valence-corrected chi connectivity index (χ3v) is 4.81. The van der Waals surface area contributed by atoms with Gasteiger partial charge in [0.2, 0.25) is 0 Å². The lowest BCUT2D eigenvalue weighted by molar-refractivity contribution is 0.529. The van der Waals surface area contributed by atoms with Gasteiger partial charge in [0, 0.05) is 29.4 Å². The molecule has 2 aromatic rings. The van der Waals surface area contributed by atoms with Gasteiger partial charge in [-0.1, -0.05) is 47.5 Å². The Morgan fingerprint density at radius 2 is 2.20 bits per heavy atom. The summed E-state index contributed by atoms with van der Waals surface area (Å²) in [4.78, 5) is 7.39. The minimum Gasteiger partial charge on any atom is -0.356 e. The molecule has 1 unspecified atom stereocenters. The zero-order valence-electron chi connectivity index (χ0n) is 12.0. The quantitative estimate of drug-likeness (QED) is 0.750. The number of hydrogen-bond donors (Lipinski definition) is 0. The van der Waals surface area contributed by atoms with E-state index in [-0.39, 0.29) is 0 Å². The second-order valence-electron chi connectivity index (χ2n) is 5.69. The summed E-state index contributed by atoms with van der Waals surface area (Å²) in [5.74, 6) is 2.02. The fourth-order valence-electron chi connectivity index (χ4n) is 3.19. The molecular formula is C17H21BrN2. The topological polar surface area (TPSA) is 16.1 Å². The van der Waals surface area contributed by atoms with Gasteiger partial charge >= 0.3 is 0 Å². The number of alkyl halides is 1. The molecule has 20 heavy (non-hydrogen) atoms. The van der Waals surface area contributed by atoms with E-state index >= 15 is 0 Å². The van der Waals surface area contributed by atoms with E-state index in [4.69, 9.17) is 4.98 Å². The summed E-state index contributed by atoms with van der Waals surface area (Å²) in [6.07, 6.45) is 3.94. The van der Waals surface area contributed by atoms with Gasteiger partial charge in [0.1, 0.15) is 5.82 Å². The smallest absolute Gasteiger partial charge is 0.133 e. The van der Waals surface area contributed by atoms with Gasteiger partial charge < -0.3 is 4.90 Å². The van der Waals surface area contributed by atoms with Crippen molar-refractivity contribution in [1.29, 1.82) is 0 Å². The summed E-state index contributed by atoms with van der Waals surface area (Å²) in [6.45, 7) is 4.59. The predicted octanol–water partition coefficient (Wildman–Crippen LogP) is 4.76. The summed E-state index contributed by atoms with van der Waals surface area (Å²) in [5.41, 5.74) is 2.41. The van der Waals surface area contributed by atoms with E-state index in [0.717, 1.165) is 23.3 Å². The van der Waals surface area contributed by atoms with Crippen LogP contribution in [0.2, 0.25) is 0 Å². The monoisotopic (exact) mass is 332 g/mol. The van der Waals surface area contributed by atoms with Crippen LogP contribution in [0.25, 0.3) is 10.9 Å². The molecule has 0 spiro atoms. The Labute approximate surface area is 129 Å². The fraction of sp³-hybridized carbons (Fsp3) is 0.471. The Morgan fingerprint density at radius 3 is 3.00 bits per heavy atom. The number of nitrogens with zero attached hydrogens (tertiary/aromatic N) is 2. The number of hydrogen-bond acceptors (Lipinski definition) is 2. The molecule has 1 aromatic carbocycles. The van der Waals surface area contributed by atoms with Crippen LogP contribution in [0, 0.1) is 5.92 Å². The predicted molar refractivity (Wildman–Crippen MR) is 89.6 cm³/mol. The van der Waals surface area contributed by atoms with E-state index in [1.807, 2.05) is 0 Å². The highest BCUT2D eigenvalue weighted by Crippen LogP contribution is 2.30. The summed E-state index contributed by atoms with van der Waals surface area (Å²) in [7, 11) is 0. The van der Waals surface area contributed by atoms with Crippen molar-refractivity contribution in [2.75, 3.05) is 18.0 Å². The molecule has 2 nitrogen and oxygen atoms in total. The molecule has 0 N–H and O–H groups in total. The first-order valence-electron chi connectivity index (χ1n) is 7.51. The van der Waals surface area contributed by atoms with Crippen LogP contribution >= 0.6 is 15.9 Å². The van der Waals surface area contributed by atoms with E-state index in [2.05, 4.69) is 58.1 Å². The van der Waals surface area contributed by atoms with Crippen LogP contribution in [0.5, 0.6) is 0 Å².